The van der Waals surface area contributed by atoms with Crippen molar-refractivity contribution in [2.24, 2.45) is 0 Å². The van der Waals surface area contributed by atoms with Crippen molar-refractivity contribution >= 4 is 0 Å². The van der Waals surface area contributed by atoms with Crippen LogP contribution in [0.1, 0.15) is 19.3 Å². The Bertz CT molecular complexity index is 157. The topological polar surface area (TPSA) is 21.7 Å². The molecule has 0 saturated carbocycles. The Labute approximate surface area is 80.0 Å². The largest absolute Gasteiger partial charge is 0.381 e. The number of methoxy groups -OCH3 is 1. The summed E-state index contributed by atoms with van der Waals surface area (Å²) in [6, 6.07) is 0.758. The number of ether oxygens (including phenoxy) is 2. The van der Waals surface area contributed by atoms with Crippen molar-refractivity contribution in [2.75, 3.05) is 33.4 Å². The summed E-state index contributed by atoms with van der Waals surface area (Å²) in [5.74, 6) is 0. The molecule has 3 heteroatoms. The number of nitrogens with zero attached hydrogens (tertiary/aromatic N) is 1. The van der Waals surface area contributed by atoms with Crippen LogP contribution in [0.15, 0.2) is 0 Å². The van der Waals surface area contributed by atoms with Crippen LogP contribution >= 0.6 is 0 Å². The van der Waals surface area contributed by atoms with Crippen molar-refractivity contribution in [1.29, 1.82) is 0 Å². The molecule has 13 heavy (non-hydrogen) atoms. The third-order valence-electron chi connectivity index (χ3n) is 3.22. The van der Waals surface area contributed by atoms with Gasteiger partial charge in [0.05, 0.1) is 6.10 Å². The lowest BCUT2D eigenvalue weighted by molar-refractivity contribution is 0.0339. The Morgan fingerprint density at radius 2 is 2.00 bits per heavy atom. The van der Waals surface area contributed by atoms with Crippen LogP contribution in [-0.4, -0.2) is 50.5 Å². The Hall–Kier alpha value is -0.120. The summed E-state index contributed by atoms with van der Waals surface area (Å²) in [4.78, 5) is 2.57. The van der Waals surface area contributed by atoms with Gasteiger partial charge in [-0.1, -0.05) is 0 Å². The lowest BCUT2D eigenvalue weighted by atomic mass is 10.1. The van der Waals surface area contributed by atoms with Gasteiger partial charge in [0, 0.05) is 39.5 Å². The SMILES string of the molecule is CO[C@@H]1CCN(C2CCOCC2)C1. The molecular formula is C10H19NO2. The molecular weight excluding hydrogens is 166 g/mol. The van der Waals surface area contributed by atoms with Gasteiger partial charge in [-0.3, -0.25) is 4.90 Å². The van der Waals surface area contributed by atoms with Gasteiger partial charge in [0.15, 0.2) is 0 Å². The Morgan fingerprint density at radius 1 is 1.23 bits per heavy atom. The monoisotopic (exact) mass is 185 g/mol. The van der Waals surface area contributed by atoms with E-state index in [1.54, 1.807) is 0 Å². The summed E-state index contributed by atoms with van der Waals surface area (Å²) < 4.78 is 10.7. The predicted molar refractivity (Wildman–Crippen MR) is 50.8 cm³/mol. The summed E-state index contributed by atoms with van der Waals surface area (Å²) in [5.41, 5.74) is 0. The van der Waals surface area contributed by atoms with E-state index in [0.717, 1.165) is 25.8 Å². The van der Waals surface area contributed by atoms with E-state index in [-0.39, 0.29) is 0 Å². The average Bonchev–Trinajstić information content (AvgIpc) is 2.67. The molecule has 2 fully saturated rings. The molecule has 0 aromatic heterocycles. The van der Waals surface area contributed by atoms with E-state index in [1.165, 1.54) is 25.8 Å². The van der Waals surface area contributed by atoms with Gasteiger partial charge in [0.1, 0.15) is 0 Å². The van der Waals surface area contributed by atoms with E-state index >= 15 is 0 Å². The maximum absolute atomic E-state index is 5.36. The fourth-order valence-corrected chi connectivity index (χ4v) is 2.33. The molecule has 76 valence electrons. The van der Waals surface area contributed by atoms with E-state index in [4.69, 9.17) is 9.47 Å². The fraction of sp³-hybridized carbons (Fsp3) is 1.00. The Balaban J connectivity index is 1.80. The highest BCUT2D eigenvalue weighted by Crippen LogP contribution is 2.20. The third kappa shape index (κ3) is 2.22. The Morgan fingerprint density at radius 3 is 2.62 bits per heavy atom. The van der Waals surface area contributed by atoms with Crippen molar-refractivity contribution < 1.29 is 9.47 Å². The normalized spacial score (nSPS) is 32.5. The van der Waals surface area contributed by atoms with E-state index < -0.39 is 0 Å². The maximum atomic E-state index is 5.36. The molecule has 0 bridgehead atoms. The van der Waals surface area contributed by atoms with Crippen molar-refractivity contribution in [3.05, 3.63) is 0 Å². The minimum Gasteiger partial charge on any atom is -0.381 e. The van der Waals surface area contributed by atoms with Crippen LogP contribution in [0.4, 0.5) is 0 Å². The molecule has 2 saturated heterocycles. The van der Waals surface area contributed by atoms with E-state index in [1.807, 2.05) is 7.11 Å². The molecule has 0 spiro atoms. The summed E-state index contributed by atoms with van der Waals surface area (Å²) in [6.07, 6.45) is 4.09. The van der Waals surface area contributed by atoms with Crippen LogP contribution in [0.25, 0.3) is 0 Å². The highest BCUT2D eigenvalue weighted by atomic mass is 16.5. The standard InChI is InChI=1S/C10H19NO2/c1-12-10-2-5-11(8-10)9-3-6-13-7-4-9/h9-10H,2-8H2,1H3/t10-/m1/s1. The van der Waals surface area contributed by atoms with Gasteiger partial charge >= 0.3 is 0 Å². The molecule has 0 radical (unpaired) electrons. The second kappa shape index (κ2) is 4.40. The van der Waals surface area contributed by atoms with Crippen molar-refractivity contribution in [2.45, 2.75) is 31.4 Å². The molecule has 3 nitrogen and oxygen atoms in total. The summed E-state index contributed by atoms with van der Waals surface area (Å²) >= 11 is 0. The third-order valence-corrected chi connectivity index (χ3v) is 3.22. The maximum Gasteiger partial charge on any atom is 0.0710 e. The van der Waals surface area contributed by atoms with Gasteiger partial charge in [0.2, 0.25) is 0 Å². The lowest BCUT2D eigenvalue weighted by Gasteiger charge is -2.30. The summed E-state index contributed by atoms with van der Waals surface area (Å²) in [7, 11) is 1.82. The van der Waals surface area contributed by atoms with Crippen LogP contribution in [0, 0.1) is 0 Å². The molecule has 2 aliphatic rings. The first-order chi connectivity index (χ1) is 6.40. The molecule has 0 amide bonds. The zero-order valence-corrected chi connectivity index (χ0v) is 8.37. The quantitative estimate of drug-likeness (QED) is 0.637. The molecule has 2 rings (SSSR count). The molecule has 0 N–H and O–H groups in total. The molecule has 1 atom stereocenters. The van der Waals surface area contributed by atoms with Crippen molar-refractivity contribution in [3.8, 4) is 0 Å². The molecule has 0 unspecified atom stereocenters. The zero-order chi connectivity index (χ0) is 9.10. The van der Waals surface area contributed by atoms with Crippen LogP contribution < -0.4 is 0 Å². The molecule has 2 heterocycles. The van der Waals surface area contributed by atoms with E-state index in [2.05, 4.69) is 4.90 Å². The van der Waals surface area contributed by atoms with Crippen LogP contribution in [0.5, 0.6) is 0 Å². The number of hydrogen-bond acceptors (Lipinski definition) is 3. The second-order valence-electron chi connectivity index (χ2n) is 3.98. The number of rotatable bonds is 2. The van der Waals surface area contributed by atoms with Crippen LogP contribution in [-0.2, 0) is 9.47 Å². The predicted octanol–water partition coefficient (Wildman–Crippen LogP) is 0.886. The minimum atomic E-state index is 0.475. The van der Waals surface area contributed by atoms with Gasteiger partial charge in [-0.25, -0.2) is 0 Å². The van der Waals surface area contributed by atoms with Crippen LogP contribution in [0.2, 0.25) is 0 Å². The van der Waals surface area contributed by atoms with Gasteiger partial charge in [-0.15, -0.1) is 0 Å². The first-order valence-corrected chi connectivity index (χ1v) is 5.24. The summed E-state index contributed by atoms with van der Waals surface area (Å²) in [6.45, 7) is 4.22. The second-order valence-corrected chi connectivity index (χ2v) is 3.98. The van der Waals surface area contributed by atoms with Gasteiger partial charge < -0.3 is 9.47 Å². The molecule has 0 aromatic rings. The van der Waals surface area contributed by atoms with Gasteiger partial charge in [0.25, 0.3) is 0 Å². The van der Waals surface area contributed by atoms with Crippen molar-refractivity contribution in [1.82, 2.24) is 4.90 Å². The van der Waals surface area contributed by atoms with Gasteiger partial charge in [-0.2, -0.15) is 0 Å². The lowest BCUT2D eigenvalue weighted by Crippen LogP contribution is -2.38. The van der Waals surface area contributed by atoms with Crippen LogP contribution in [0.3, 0.4) is 0 Å². The molecule has 0 aromatic carbocycles. The average molecular weight is 185 g/mol. The zero-order valence-electron chi connectivity index (χ0n) is 8.37. The van der Waals surface area contributed by atoms with Gasteiger partial charge in [-0.05, 0) is 19.3 Å². The molecule has 2 aliphatic heterocycles. The van der Waals surface area contributed by atoms with E-state index in [9.17, 15) is 0 Å². The fourth-order valence-electron chi connectivity index (χ4n) is 2.33. The Kier molecular flexibility index (Phi) is 3.19. The summed E-state index contributed by atoms with van der Waals surface area (Å²) in [5, 5.41) is 0. The molecule has 0 aliphatic carbocycles. The number of likely N-dealkylation sites (tertiary alicyclic amines) is 1. The van der Waals surface area contributed by atoms with E-state index in [0.29, 0.717) is 6.10 Å². The van der Waals surface area contributed by atoms with Crippen molar-refractivity contribution in [3.63, 3.8) is 0 Å². The minimum absolute atomic E-state index is 0.475. The first-order valence-electron chi connectivity index (χ1n) is 5.24. The number of hydrogen-bond donors (Lipinski definition) is 0. The smallest absolute Gasteiger partial charge is 0.0710 e. The first kappa shape index (κ1) is 9.44. The highest BCUT2D eigenvalue weighted by molar-refractivity contribution is 4.83. The highest BCUT2D eigenvalue weighted by Gasteiger charge is 2.28.